The van der Waals surface area contributed by atoms with Crippen molar-refractivity contribution in [2.45, 2.75) is 58.6 Å². The average molecular weight is 265 g/mol. The smallest absolute Gasteiger partial charge is 0.0772 e. The maximum Gasteiger partial charge on any atom is 0.0772 e. The summed E-state index contributed by atoms with van der Waals surface area (Å²) >= 11 is 0. The minimum Gasteiger partial charge on any atom is -0.389 e. The van der Waals surface area contributed by atoms with Gasteiger partial charge in [0.05, 0.1) is 11.3 Å². The van der Waals surface area contributed by atoms with Crippen LogP contribution >= 0.6 is 0 Å². The summed E-state index contributed by atoms with van der Waals surface area (Å²) in [4.78, 5) is 0. The molecule has 4 nitrogen and oxygen atoms in total. The maximum absolute atomic E-state index is 10.6. The highest BCUT2D eigenvalue weighted by Gasteiger charge is 2.36. The Balaban J connectivity index is 1.81. The molecule has 0 aliphatic heterocycles. The number of nitrogens with zero attached hydrogens (tertiary/aromatic N) is 2. The SMILES string of the molecule is Cc1nn(C)cc1CNCC1(O)CCC(C)(C)CC1. The Morgan fingerprint density at radius 2 is 1.95 bits per heavy atom. The third kappa shape index (κ3) is 3.80. The lowest BCUT2D eigenvalue weighted by Crippen LogP contribution is -2.44. The topological polar surface area (TPSA) is 50.1 Å². The van der Waals surface area contributed by atoms with Crippen LogP contribution in [0.1, 0.15) is 50.8 Å². The van der Waals surface area contributed by atoms with E-state index in [4.69, 9.17) is 0 Å². The molecule has 2 N–H and O–H groups in total. The number of aromatic nitrogens is 2. The summed E-state index contributed by atoms with van der Waals surface area (Å²) in [5, 5.41) is 18.3. The van der Waals surface area contributed by atoms with Gasteiger partial charge in [-0.2, -0.15) is 5.10 Å². The van der Waals surface area contributed by atoms with E-state index in [1.807, 2.05) is 24.9 Å². The van der Waals surface area contributed by atoms with Crippen molar-refractivity contribution in [3.05, 3.63) is 17.5 Å². The summed E-state index contributed by atoms with van der Waals surface area (Å²) in [6.07, 6.45) is 6.06. The molecule has 0 unspecified atom stereocenters. The van der Waals surface area contributed by atoms with E-state index in [9.17, 15) is 5.11 Å². The molecular weight excluding hydrogens is 238 g/mol. The summed E-state index contributed by atoms with van der Waals surface area (Å²) < 4.78 is 1.84. The van der Waals surface area contributed by atoms with Gasteiger partial charge in [-0.15, -0.1) is 0 Å². The Morgan fingerprint density at radius 3 is 2.47 bits per heavy atom. The van der Waals surface area contributed by atoms with Crippen LogP contribution in [0.4, 0.5) is 0 Å². The van der Waals surface area contributed by atoms with E-state index in [2.05, 4.69) is 24.3 Å². The number of rotatable bonds is 4. The fourth-order valence-corrected chi connectivity index (χ4v) is 2.82. The zero-order valence-corrected chi connectivity index (χ0v) is 12.7. The van der Waals surface area contributed by atoms with Crippen LogP contribution < -0.4 is 5.32 Å². The van der Waals surface area contributed by atoms with Gasteiger partial charge < -0.3 is 10.4 Å². The van der Waals surface area contributed by atoms with Crippen molar-refractivity contribution in [2.24, 2.45) is 12.5 Å². The Kier molecular flexibility index (Phi) is 4.02. The molecule has 0 saturated heterocycles. The summed E-state index contributed by atoms with van der Waals surface area (Å²) in [7, 11) is 1.94. The standard InChI is InChI=1S/C15H27N3O/c1-12-13(10-18(4)17-12)9-16-11-15(19)7-5-14(2,3)6-8-15/h10,16,19H,5-9,11H2,1-4H3. The molecule has 19 heavy (non-hydrogen) atoms. The van der Waals surface area contributed by atoms with Gasteiger partial charge in [0, 0.05) is 31.9 Å². The first-order valence-corrected chi connectivity index (χ1v) is 7.22. The molecule has 1 aliphatic rings. The second-order valence-electron chi connectivity index (χ2n) is 6.91. The molecule has 1 aliphatic carbocycles. The fraction of sp³-hybridized carbons (Fsp3) is 0.800. The van der Waals surface area contributed by atoms with Crippen molar-refractivity contribution in [3.8, 4) is 0 Å². The number of aliphatic hydroxyl groups is 1. The number of aryl methyl sites for hydroxylation is 2. The van der Waals surface area contributed by atoms with Crippen molar-refractivity contribution in [3.63, 3.8) is 0 Å². The minimum absolute atomic E-state index is 0.395. The van der Waals surface area contributed by atoms with E-state index in [0.717, 1.165) is 37.9 Å². The molecule has 1 saturated carbocycles. The van der Waals surface area contributed by atoms with Crippen molar-refractivity contribution in [2.75, 3.05) is 6.54 Å². The lowest BCUT2D eigenvalue weighted by atomic mass is 9.71. The van der Waals surface area contributed by atoms with Crippen molar-refractivity contribution < 1.29 is 5.11 Å². The lowest BCUT2D eigenvalue weighted by molar-refractivity contribution is -0.0245. The highest BCUT2D eigenvalue weighted by Crippen LogP contribution is 2.39. The number of hydrogen-bond donors (Lipinski definition) is 2. The molecular formula is C15H27N3O. The van der Waals surface area contributed by atoms with Gasteiger partial charge in [0.15, 0.2) is 0 Å². The van der Waals surface area contributed by atoms with Crippen LogP contribution in [0.5, 0.6) is 0 Å². The predicted octanol–water partition coefficient (Wildman–Crippen LogP) is 2.15. The quantitative estimate of drug-likeness (QED) is 0.877. The predicted molar refractivity (Wildman–Crippen MR) is 76.9 cm³/mol. The van der Waals surface area contributed by atoms with Gasteiger partial charge in [0.1, 0.15) is 0 Å². The zero-order valence-electron chi connectivity index (χ0n) is 12.7. The van der Waals surface area contributed by atoms with E-state index in [-0.39, 0.29) is 0 Å². The summed E-state index contributed by atoms with van der Waals surface area (Å²) in [5.74, 6) is 0. The first-order chi connectivity index (χ1) is 8.80. The molecule has 0 bridgehead atoms. The van der Waals surface area contributed by atoms with Crippen LogP contribution in [-0.2, 0) is 13.6 Å². The Hall–Kier alpha value is -0.870. The molecule has 1 heterocycles. The third-order valence-corrected chi connectivity index (χ3v) is 4.42. The van der Waals surface area contributed by atoms with Gasteiger partial charge in [0.25, 0.3) is 0 Å². The van der Waals surface area contributed by atoms with Crippen molar-refractivity contribution in [1.82, 2.24) is 15.1 Å². The molecule has 4 heteroatoms. The van der Waals surface area contributed by atoms with Gasteiger partial charge in [-0.05, 0) is 38.0 Å². The van der Waals surface area contributed by atoms with Gasteiger partial charge in [-0.25, -0.2) is 0 Å². The highest BCUT2D eigenvalue weighted by atomic mass is 16.3. The molecule has 1 aromatic rings. The molecule has 0 amide bonds. The van der Waals surface area contributed by atoms with Crippen LogP contribution in [-0.4, -0.2) is 27.0 Å². The molecule has 0 radical (unpaired) electrons. The van der Waals surface area contributed by atoms with Crippen LogP contribution in [0.2, 0.25) is 0 Å². The Labute approximate surface area is 116 Å². The number of nitrogens with one attached hydrogen (secondary N) is 1. The molecule has 0 aromatic carbocycles. The number of hydrogen-bond acceptors (Lipinski definition) is 3. The molecule has 108 valence electrons. The van der Waals surface area contributed by atoms with Crippen LogP contribution in [0.25, 0.3) is 0 Å². The second-order valence-corrected chi connectivity index (χ2v) is 6.91. The summed E-state index contributed by atoms with van der Waals surface area (Å²) in [5.41, 5.74) is 2.15. The second kappa shape index (κ2) is 5.25. The van der Waals surface area contributed by atoms with Gasteiger partial charge >= 0.3 is 0 Å². The van der Waals surface area contributed by atoms with Crippen LogP contribution in [0.15, 0.2) is 6.20 Å². The van der Waals surface area contributed by atoms with Gasteiger partial charge in [0.2, 0.25) is 0 Å². The largest absolute Gasteiger partial charge is 0.389 e. The maximum atomic E-state index is 10.6. The summed E-state index contributed by atoms with van der Waals surface area (Å²) in [6, 6.07) is 0. The zero-order chi connectivity index (χ0) is 14.1. The van der Waals surface area contributed by atoms with E-state index in [0.29, 0.717) is 12.0 Å². The monoisotopic (exact) mass is 265 g/mol. The van der Waals surface area contributed by atoms with E-state index in [1.165, 1.54) is 5.56 Å². The van der Waals surface area contributed by atoms with E-state index >= 15 is 0 Å². The summed E-state index contributed by atoms with van der Waals surface area (Å²) in [6.45, 7) is 8.07. The Morgan fingerprint density at radius 1 is 1.32 bits per heavy atom. The van der Waals surface area contributed by atoms with Gasteiger partial charge in [-0.3, -0.25) is 4.68 Å². The van der Waals surface area contributed by atoms with Crippen molar-refractivity contribution >= 4 is 0 Å². The lowest BCUT2D eigenvalue weighted by Gasteiger charge is -2.40. The molecule has 1 fully saturated rings. The third-order valence-electron chi connectivity index (χ3n) is 4.42. The van der Waals surface area contributed by atoms with E-state index < -0.39 is 5.60 Å². The molecule has 1 aromatic heterocycles. The van der Waals surface area contributed by atoms with Crippen molar-refractivity contribution in [1.29, 1.82) is 0 Å². The fourth-order valence-electron chi connectivity index (χ4n) is 2.82. The molecule has 0 spiro atoms. The van der Waals surface area contributed by atoms with Crippen LogP contribution in [0, 0.1) is 12.3 Å². The molecule has 2 rings (SSSR count). The first-order valence-electron chi connectivity index (χ1n) is 7.22. The Bertz CT molecular complexity index is 427. The van der Waals surface area contributed by atoms with Crippen LogP contribution in [0.3, 0.4) is 0 Å². The van der Waals surface area contributed by atoms with Gasteiger partial charge in [-0.1, -0.05) is 13.8 Å². The first kappa shape index (κ1) is 14.5. The minimum atomic E-state index is -0.522. The average Bonchev–Trinajstić information content (AvgIpc) is 2.63. The van der Waals surface area contributed by atoms with E-state index in [1.54, 1.807) is 0 Å². The highest BCUT2D eigenvalue weighted by molar-refractivity contribution is 5.14. The molecule has 0 atom stereocenters. The normalized spacial score (nSPS) is 21.5.